The van der Waals surface area contributed by atoms with Crippen LogP contribution in [0.4, 0.5) is 0 Å². The van der Waals surface area contributed by atoms with Gasteiger partial charge in [-0.3, -0.25) is 0 Å². The van der Waals surface area contributed by atoms with Crippen LogP contribution in [0.5, 0.6) is 5.75 Å². The van der Waals surface area contributed by atoms with Gasteiger partial charge >= 0.3 is 0 Å². The molecule has 0 aliphatic heterocycles. The molecule has 0 unspecified atom stereocenters. The van der Waals surface area contributed by atoms with Crippen LogP contribution in [0.25, 0.3) is 0 Å². The predicted molar refractivity (Wildman–Crippen MR) is 49.4 cm³/mol. The summed E-state index contributed by atoms with van der Waals surface area (Å²) in [6.07, 6.45) is 0. The fourth-order valence-electron chi connectivity index (χ4n) is 0.829. The molecule has 0 aliphatic carbocycles. The zero-order valence-corrected chi connectivity index (χ0v) is 8.39. The van der Waals surface area contributed by atoms with Crippen LogP contribution >= 0.6 is 11.6 Å². The largest absolute Gasteiger partial charge is 0.497 e. The molecule has 6 heteroatoms. The molecule has 0 fully saturated rings. The van der Waals surface area contributed by atoms with Gasteiger partial charge in [0.2, 0.25) is 10.0 Å². The van der Waals surface area contributed by atoms with Crippen molar-refractivity contribution in [2.45, 2.75) is 4.90 Å². The minimum atomic E-state index is -3.78. The highest BCUT2D eigenvalue weighted by Gasteiger charge is 2.13. The number of nitrogens with two attached hydrogens (primary N) is 1. The van der Waals surface area contributed by atoms with Crippen LogP contribution < -0.4 is 9.88 Å². The maximum atomic E-state index is 11.0. The molecule has 1 rings (SSSR count). The van der Waals surface area contributed by atoms with Crippen molar-refractivity contribution >= 4 is 21.6 Å². The van der Waals surface area contributed by atoms with Crippen molar-refractivity contribution in [3.05, 3.63) is 23.2 Å². The number of hydrogen-bond acceptors (Lipinski definition) is 3. The van der Waals surface area contributed by atoms with Gasteiger partial charge in [-0.25, -0.2) is 13.6 Å². The van der Waals surface area contributed by atoms with Gasteiger partial charge in [-0.2, -0.15) is 0 Å². The molecule has 72 valence electrons. The molecule has 0 saturated heterocycles. The Kier molecular flexibility index (Phi) is 2.80. The van der Waals surface area contributed by atoms with Crippen LogP contribution in [0.1, 0.15) is 0 Å². The van der Waals surface area contributed by atoms with Crippen molar-refractivity contribution in [3.63, 3.8) is 0 Å². The number of primary sulfonamides is 1. The smallest absolute Gasteiger partial charge is 0.239 e. The van der Waals surface area contributed by atoms with E-state index in [1.54, 1.807) is 6.07 Å². The molecule has 0 aromatic heterocycles. The van der Waals surface area contributed by atoms with E-state index >= 15 is 0 Å². The summed E-state index contributed by atoms with van der Waals surface area (Å²) in [4.78, 5) is -0.131. The number of halogens is 1. The van der Waals surface area contributed by atoms with E-state index in [1.165, 1.54) is 19.2 Å². The lowest BCUT2D eigenvalue weighted by Gasteiger charge is -2.04. The third-order valence-electron chi connectivity index (χ3n) is 1.44. The van der Waals surface area contributed by atoms with E-state index in [2.05, 4.69) is 0 Å². The van der Waals surface area contributed by atoms with E-state index in [4.69, 9.17) is 21.5 Å². The van der Waals surface area contributed by atoms with E-state index in [0.717, 1.165) is 0 Å². The Labute approximate surface area is 81.3 Å². The molecule has 0 amide bonds. The molecular formula is C7H8ClNO3S. The van der Waals surface area contributed by atoms with Crippen LogP contribution in [-0.4, -0.2) is 15.5 Å². The van der Waals surface area contributed by atoms with Crippen molar-refractivity contribution in [2.75, 3.05) is 7.11 Å². The van der Waals surface area contributed by atoms with Crippen molar-refractivity contribution < 1.29 is 13.2 Å². The molecule has 0 bridgehead atoms. The lowest BCUT2D eigenvalue weighted by Crippen LogP contribution is -2.12. The Bertz CT molecular complexity index is 416. The first-order valence-corrected chi connectivity index (χ1v) is 5.24. The van der Waals surface area contributed by atoms with E-state index in [0.29, 0.717) is 5.75 Å². The molecule has 13 heavy (non-hydrogen) atoms. The van der Waals surface area contributed by atoms with Gasteiger partial charge in [0.1, 0.15) is 10.6 Å². The Balaban J connectivity index is 3.36. The quantitative estimate of drug-likeness (QED) is 0.810. The summed E-state index contributed by atoms with van der Waals surface area (Å²) in [7, 11) is -2.35. The fraction of sp³-hybridized carbons (Fsp3) is 0.143. The average Bonchev–Trinajstić information content (AvgIpc) is 2.03. The van der Waals surface area contributed by atoms with Crippen LogP contribution in [-0.2, 0) is 10.0 Å². The third-order valence-corrected chi connectivity index (χ3v) is 2.84. The zero-order valence-electron chi connectivity index (χ0n) is 6.82. The van der Waals surface area contributed by atoms with Crippen LogP contribution in [0.15, 0.2) is 23.1 Å². The highest BCUT2D eigenvalue weighted by molar-refractivity contribution is 7.89. The molecule has 0 spiro atoms. The number of benzene rings is 1. The van der Waals surface area contributed by atoms with Gasteiger partial charge in [-0.15, -0.1) is 0 Å². The Hall–Kier alpha value is -0.780. The second kappa shape index (κ2) is 3.53. The van der Waals surface area contributed by atoms with Gasteiger partial charge in [0.25, 0.3) is 0 Å². The Morgan fingerprint density at radius 1 is 1.46 bits per heavy atom. The van der Waals surface area contributed by atoms with Crippen molar-refractivity contribution in [1.82, 2.24) is 0 Å². The number of rotatable bonds is 2. The SMILES string of the molecule is COc1ccc(Cl)c(S(N)(=O)=O)c1. The lowest BCUT2D eigenvalue weighted by atomic mass is 10.3. The van der Waals surface area contributed by atoms with Crippen LogP contribution in [0.3, 0.4) is 0 Å². The standard InChI is InChI=1S/C7H8ClNO3S/c1-12-5-2-3-6(8)7(4-5)13(9,10)11/h2-4H,1H3,(H2,9,10,11). The molecule has 0 aliphatic rings. The maximum Gasteiger partial charge on any atom is 0.239 e. The zero-order chi connectivity index (χ0) is 10.1. The third kappa shape index (κ3) is 2.33. The second-order valence-corrected chi connectivity index (χ2v) is 4.28. The normalized spacial score (nSPS) is 11.3. The van der Waals surface area contributed by atoms with Crippen molar-refractivity contribution in [3.8, 4) is 5.75 Å². The first kappa shape index (κ1) is 10.3. The molecule has 1 aromatic rings. The van der Waals surface area contributed by atoms with E-state index in [9.17, 15) is 8.42 Å². The summed E-state index contributed by atoms with van der Waals surface area (Å²) < 4.78 is 26.7. The molecule has 0 atom stereocenters. The topological polar surface area (TPSA) is 69.4 Å². The van der Waals surface area contributed by atoms with Gasteiger partial charge in [0.05, 0.1) is 12.1 Å². The first-order valence-electron chi connectivity index (χ1n) is 3.31. The lowest BCUT2D eigenvalue weighted by molar-refractivity contribution is 0.413. The fourth-order valence-corrected chi connectivity index (χ4v) is 1.89. The maximum absolute atomic E-state index is 11.0. The minimum Gasteiger partial charge on any atom is -0.497 e. The summed E-state index contributed by atoms with van der Waals surface area (Å²) in [5, 5.41) is 5.00. The number of ether oxygens (including phenoxy) is 1. The van der Waals surface area contributed by atoms with Crippen LogP contribution in [0.2, 0.25) is 5.02 Å². The summed E-state index contributed by atoms with van der Waals surface area (Å²) >= 11 is 5.62. The average molecular weight is 222 g/mol. The molecule has 2 N–H and O–H groups in total. The predicted octanol–water partition coefficient (Wildman–Crippen LogP) is 0.996. The number of methoxy groups -OCH3 is 1. The van der Waals surface area contributed by atoms with Gasteiger partial charge in [-0.1, -0.05) is 11.6 Å². The summed E-state index contributed by atoms with van der Waals surface area (Å²) in [6, 6.07) is 4.24. The molecule has 1 aromatic carbocycles. The Morgan fingerprint density at radius 3 is 2.54 bits per heavy atom. The first-order chi connectivity index (χ1) is 5.95. The second-order valence-electron chi connectivity index (χ2n) is 2.34. The molecule has 0 saturated carbocycles. The van der Waals surface area contributed by atoms with Gasteiger partial charge < -0.3 is 4.74 Å². The summed E-state index contributed by atoms with van der Waals surface area (Å²) in [5.74, 6) is 0.397. The minimum absolute atomic E-state index is 0.0864. The van der Waals surface area contributed by atoms with E-state index in [1.807, 2.05) is 0 Å². The molecular weight excluding hydrogens is 214 g/mol. The highest BCUT2D eigenvalue weighted by atomic mass is 35.5. The van der Waals surface area contributed by atoms with Gasteiger partial charge in [0, 0.05) is 6.07 Å². The monoisotopic (exact) mass is 221 g/mol. The van der Waals surface area contributed by atoms with E-state index in [-0.39, 0.29) is 9.92 Å². The van der Waals surface area contributed by atoms with Crippen molar-refractivity contribution in [1.29, 1.82) is 0 Å². The summed E-state index contributed by atoms with van der Waals surface area (Å²) in [5.41, 5.74) is 0. The number of hydrogen-bond donors (Lipinski definition) is 1. The van der Waals surface area contributed by atoms with Gasteiger partial charge in [0.15, 0.2) is 0 Å². The van der Waals surface area contributed by atoms with E-state index < -0.39 is 10.0 Å². The molecule has 0 heterocycles. The van der Waals surface area contributed by atoms with Gasteiger partial charge in [-0.05, 0) is 12.1 Å². The van der Waals surface area contributed by atoms with Crippen molar-refractivity contribution in [2.24, 2.45) is 5.14 Å². The Morgan fingerprint density at radius 2 is 2.08 bits per heavy atom. The highest BCUT2D eigenvalue weighted by Crippen LogP contribution is 2.24. The number of sulfonamides is 1. The summed E-state index contributed by atoms with van der Waals surface area (Å²) in [6.45, 7) is 0. The molecule has 0 radical (unpaired) electrons. The molecule has 4 nitrogen and oxygen atoms in total. The van der Waals surface area contributed by atoms with Crippen LogP contribution in [0, 0.1) is 0 Å².